The first-order chi connectivity index (χ1) is 15.5. The van der Waals surface area contributed by atoms with E-state index in [4.69, 9.17) is 4.74 Å². The van der Waals surface area contributed by atoms with Crippen molar-refractivity contribution >= 4 is 34.1 Å². The first-order valence-corrected chi connectivity index (χ1v) is 12.0. The minimum atomic E-state index is -0.450. The van der Waals surface area contributed by atoms with Gasteiger partial charge in [0.15, 0.2) is 0 Å². The number of esters is 1. The molecule has 7 nitrogen and oxygen atoms in total. The predicted molar refractivity (Wildman–Crippen MR) is 125 cm³/mol. The lowest BCUT2D eigenvalue weighted by Gasteiger charge is -2.23. The molecule has 1 saturated carbocycles. The van der Waals surface area contributed by atoms with Crippen LogP contribution in [0.2, 0.25) is 0 Å². The van der Waals surface area contributed by atoms with E-state index in [2.05, 4.69) is 10.6 Å². The van der Waals surface area contributed by atoms with E-state index in [1.807, 2.05) is 42.2 Å². The minimum Gasteiger partial charge on any atom is -0.462 e. The van der Waals surface area contributed by atoms with Gasteiger partial charge in [0.25, 0.3) is 0 Å². The van der Waals surface area contributed by atoms with Crippen LogP contribution in [0.5, 0.6) is 0 Å². The number of nitrogens with one attached hydrogen (secondary N) is 2. The monoisotopic (exact) mass is 455 g/mol. The molecule has 0 radical (unpaired) electrons. The van der Waals surface area contributed by atoms with Crippen LogP contribution in [0.3, 0.4) is 0 Å². The Morgan fingerprint density at radius 1 is 1.16 bits per heavy atom. The SMILES string of the molecule is CCOC(=O)c1c(NC(=O)CN2CCCC2C(=O)NC2CC2)sc(C)c1-c1ccccc1. The van der Waals surface area contributed by atoms with Crippen molar-refractivity contribution in [1.29, 1.82) is 0 Å². The van der Waals surface area contributed by atoms with E-state index < -0.39 is 5.97 Å². The van der Waals surface area contributed by atoms with E-state index in [0.717, 1.165) is 41.7 Å². The summed E-state index contributed by atoms with van der Waals surface area (Å²) in [5.74, 6) is -0.667. The molecule has 32 heavy (non-hydrogen) atoms. The molecule has 8 heteroatoms. The second-order valence-electron chi connectivity index (χ2n) is 8.28. The van der Waals surface area contributed by atoms with Gasteiger partial charge in [-0.1, -0.05) is 30.3 Å². The normalized spacial score (nSPS) is 18.4. The standard InChI is InChI=1S/C24H29N3O4S/c1-3-31-24(30)21-20(16-8-5-4-6-9-16)15(2)32-23(21)26-19(28)14-27-13-7-10-18(27)22(29)25-17-11-12-17/h4-6,8-9,17-18H,3,7,10-14H2,1-2H3,(H,25,29)(H,26,28). The van der Waals surface area contributed by atoms with Gasteiger partial charge < -0.3 is 15.4 Å². The van der Waals surface area contributed by atoms with Gasteiger partial charge in [-0.15, -0.1) is 11.3 Å². The number of nitrogens with zero attached hydrogens (tertiary/aromatic N) is 1. The van der Waals surface area contributed by atoms with Crippen molar-refractivity contribution in [2.24, 2.45) is 0 Å². The molecule has 1 aromatic carbocycles. The fourth-order valence-electron chi connectivity index (χ4n) is 4.17. The zero-order valence-electron chi connectivity index (χ0n) is 18.5. The maximum Gasteiger partial charge on any atom is 0.341 e. The lowest BCUT2D eigenvalue weighted by atomic mass is 10.0. The zero-order chi connectivity index (χ0) is 22.7. The number of ether oxygens (including phenoxy) is 1. The summed E-state index contributed by atoms with van der Waals surface area (Å²) in [6.45, 7) is 4.77. The van der Waals surface area contributed by atoms with Crippen molar-refractivity contribution in [3.8, 4) is 11.1 Å². The Morgan fingerprint density at radius 2 is 1.91 bits per heavy atom. The molecule has 2 N–H and O–H groups in total. The number of benzene rings is 1. The van der Waals surface area contributed by atoms with E-state index in [0.29, 0.717) is 23.2 Å². The maximum absolute atomic E-state index is 12.9. The molecule has 2 fully saturated rings. The van der Waals surface area contributed by atoms with Crippen LogP contribution < -0.4 is 10.6 Å². The zero-order valence-corrected chi connectivity index (χ0v) is 19.3. The number of hydrogen-bond donors (Lipinski definition) is 2. The molecule has 2 amide bonds. The third kappa shape index (κ3) is 5.02. The van der Waals surface area contributed by atoms with Gasteiger partial charge in [0.05, 0.1) is 19.2 Å². The molecule has 2 aromatic rings. The molecule has 2 aliphatic rings. The van der Waals surface area contributed by atoms with Gasteiger partial charge in [-0.25, -0.2) is 4.79 Å². The number of carbonyl (C=O) groups excluding carboxylic acids is 3. The average Bonchev–Trinajstić information content (AvgIpc) is 3.35. The van der Waals surface area contributed by atoms with Crippen LogP contribution in [0, 0.1) is 6.92 Å². The molecule has 1 aromatic heterocycles. The smallest absolute Gasteiger partial charge is 0.341 e. The van der Waals surface area contributed by atoms with Crippen molar-refractivity contribution in [3.63, 3.8) is 0 Å². The molecule has 1 atom stereocenters. The molecular weight excluding hydrogens is 426 g/mol. The lowest BCUT2D eigenvalue weighted by Crippen LogP contribution is -2.46. The molecule has 1 aliphatic heterocycles. The molecule has 0 spiro atoms. The Morgan fingerprint density at radius 3 is 2.59 bits per heavy atom. The van der Waals surface area contributed by atoms with Crippen LogP contribution in [0.4, 0.5) is 5.00 Å². The van der Waals surface area contributed by atoms with Crippen molar-refractivity contribution in [1.82, 2.24) is 10.2 Å². The summed E-state index contributed by atoms with van der Waals surface area (Å²) in [6, 6.07) is 9.67. The summed E-state index contributed by atoms with van der Waals surface area (Å²) in [5, 5.41) is 6.46. The first kappa shape index (κ1) is 22.5. The number of likely N-dealkylation sites (tertiary alicyclic amines) is 1. The quantitative estimate of drug-likeness (QED) is 0.594. The van der Waals surface area contributed by atoms with Crippen LogP contribution in [-0.2, 0) is 14.3 Å². The summed E-state index contributed by atoms with van der Waals surface area (Å²) < 4.78 is 5.30. The minimum absolute atomic E-state index is 0.0170. The molecule has 170 valence electrons. The number of rotatable bonds is 8. The third-order valence-corrected chi connectivity index (χ3v) is 6.84. The number of carbonyl (C=O) groups is 3. The van der Waals surface area contributed by atoms with Gasteiger partial charge in [0.1, 0.15) is 10.6 Å². The highest BCUT2D eigenvalue weighted by Gasteiger charge is 2.35. The molecule has 1 unspecified atom stereocenters. The van der Waals surface area contributed by atoms with Crippen molar-refractivity contribution in [2.75, 3.05) is 25.0 Å². The van der Waals surface area contributed by atoms with E-state index in [9.17, 15) is 14.4 Å². The van der Waals surface area contributed by atoms with E-state index in [1.165, 1.54) is 11.3 Å². The van der Waals surface area contributed by atoms with Crippen LogP contribution >= 0.6 is 11.3 Å². The highest BCUT2D eigenvalue weighted by molar-refractivity contribution is 7.17. The Hall–Kier alpha value is -2.71. The number of anilines is 1. The Labute approximate surface area is 192 Å². The molecule has 0 bridgehead atoms. The third-order valence-electron chi connectivity index (χ3n) is 5.82. The van der Waals surface area contributed by atoms with Gasteiger partial charge in [0.2, 0.25) is 11.8 Å². The van der Waals surface area contributed by atoms with Crippen molar-refractivity contribution in [2.45, 2.75) is 51.6 Å². The number of amides is 2. The molecule has 1 aliphatic carbocycles. The van der Waals surface area contributed by atoms with Gasteiger partial charge in [-0.2, -0.15) is 0 Å². The Bertz CT molecular complexity index is 1000. The van der Waals surface area contributed by atoms with Gasteiger partial charge in [-0.3, -0.25) is 14.5 Å². The fraction of sp³-hybridized carbons (Fsp3) is 0.458. The second-order valence-corrected chi connectivity index (χ2v) is 9.51. The highest BCUT2D eigenvalue weighted by Crippen LogP contribution is 2.40. The highest BCUT2D eigenvalue weighted by atomic mass is 32.1. The molecule has 2 heterocycles. The topological polar surface area (TPSA) is 87.7 Å². The Balaban J connectivity index is 1.52. The van der Waals surface area contributed by atoms with Crippen LogP contribution in [-0.4, -0.2) is 54.5 Å². The second kappa shape index (κ2) is 9.83. The van der Waals surface area contributed by atoms with Gasteiger partial charge in [-0.05, 0) is 51.6 Å². The van der Waals surface area contributed by atoms with Gasteiger partial charge >= 0.3 is 5.97 Å². The van der Waals surface area contributed by atoms with Crippen LogP contribution in [0.1, 0.15) is 47.8 Å². The maximum atomic E-state index is 12.9. The summed E-state index contributed by atoms with van der Waals surface area (Å²) in [7, 11) is 0. The summed E-state index contributed by atoms with van der Waals surface area (Å²) in [5.41, 5.74) is 2.08. The van der Waals surface area contributed by atoms with Gasteiger partial charge in [0, 0.05) is 16.5 Å². The number of hydrogen-bond acceptors (Lipinski definition) is 6. The summed E-state index contributed by atoms with van der Waals surface area (Å²) >= 11 is 1.37. The number of aryl methyl sites for hydroxylation is 1. The predicted octanol–water partition coefficient (Wildman–Crippen LogP) is 3.58. The van der Waals surface area contributed by atoms with E-state index in [1.54, 1.807) is 6.92 Å². The molecule has 4 rings (SSSR count). The average molecular weight is 456 g/mol. The summed E-state index contributed by atoms with van der Waals surface area (Å²) in [4.78, 5) is 41.1. The molecule has 1 saturated heterocycles. The van der Waals surface area contributed by atoms with E-state index >= 15 is 0 Å². The fourth-order valence-corrected chi connectivity index (χ4v) is 5.25. The van der Waals surface area contributed by atoms with Crippen LogP contribution in [0.25, 0.3) is 11.1 Å². The van der Waals surface area contributed by atoms with Crippen molar-refractivity contribution < 1.29 is 19.1 Å². The summed E-state index contributed by atoms with van der Waals surface area (Å²) in [6.07, 6.45) is 3.73. The van der Waals surface area contributed by atoms with E-state index in [-0.39, 0.29) is 31.0 Å². The van der Waals surface area contributed by atoms with Crippen LogP contribution in [0.15, 0.2) is 30.3 Å². The first-order valence-electron chi connectivity index (χ1n) is 11.2. The largest absolute Gasteiger partial charge is 0.462 e. The Kier molecular flexibility index (Phi) is 6.91. The number of thiophene rings is 1. The lowest BCUT2D eigenvalue weighted by molar-refractivity contribution is -0.126. The molecular formula is C24H29N3O4S. The van der Waals surface area contributed by atoms with Crippen molar-refractivity contribution in [3.05, 3.63) is 40.8 Å².